The Bertz CT molecular complexity index is 362. The monoisotopic (exact) mass is 286 g/mol. The molecule has 88 valence electrons. The van der Waals surface area contributed by atoms with Gasteiger partial charge < -0.3 is 11.1 Å². The fraction of sp³-hybridized carbons (Fsp3) is 0.500. The van der Waals surface area contributed by atoms with Crippen molar-refractivity contribution in [3.05, 3.63) is 28.5 Å². The highest BCUT2D eigenvalue weighted by molar-refractivity contribution is 9.10. The van der Waals surface area contributed by atoms with Gasteiger partial charge in [0.1, 0.15) is 0 Å². The molecule has 0 atom stereocenters. The first-order valence-corrected chi connectivity index (χ1v) is 6.42. The highest BCUT2D eigenvalue weighted by Crippen LogP contribution is 2.26. The summed E-state index contributed by atoms with van der Waals surface area (Å²) in [5.74, 6) is -0.211. The van der Waals surface area contributed by atoms with Crippen molar-refractivity contribution in [2.45, 2.75) is 37.8 Å². The molecular weight excluding hydrogens is 271 g/mol. The fourth-order valence-corrected chi connectivity index (χ4v) is 2.46. The molecule has 1 aromatic carbocycles. The molecule has 0 aromatic heterocycles. The molecule has 0 saturated heterocycles. The molecule has 16 heavy (non-hydrogen) atoms. The maximum Gasteiger partial charge on any atom is 0.160 e. The number of rotatable bonds is 2. The molecule has 1 aliphatic carbocycles. The lowest BCUT2D eigenvalue weighted by atomic mass is 9.91. The molecule has 3 N–H and O–H groups in total. The normalized spacial score (nSPS) is 25.4. The molecule has 0 bridgehead atoms. The van der Waals surface area contributed by atoms with Gasteiger partial charge >= 0.3 is 0 Å². The van der Waals surface area contributed by atoms with Gasteiger partial charge in [-0.2, -0.15) is 0 Å². The van der Waals surface area contributed by atoms with Crippen molar-refractivity contribution >= 4 is 21.6 Å². The van der Waals surface area contributed by atoms with Crippen LogP contribution < -0.4 is 11.1 Å². The van der Waals surface area contributed by atoms with Gasteiger partial charge in [-0.1, -0.05) is 6.07 Å². The second kappa shape index (κ2) is 5.15. The van der Waals surface area contributed by atoms with Crippen molar-refractivity contribution in [3.63, 3.8) is 0 Å². The largest absolute Gasteiger partial charge is 0.380 e. The van der Waals surface area contributed by atoms with Gasteiger partial charge in [0.15, 0.2) is 5.82 Å². The minimum absolute atomic E-state index is 0.211. The van der Waals surface area contributed by atoms with Gasteiger partial charge in [-0.15, -0.1) is 0 Å². The second-order valence-corrected chi connectivity index (χ2v) is 5.21. The molecule has 2 nitrogen and oxygen atoms in total. The number of nitrogens with two attached hydrogens (primary N) is 1. The molecule has 1 fully saturated rings. The Hall–Kier alpha value is -0.610. The number of halogens is 2. The van der Waals surface area contributed by atoms with E-state index in [2.05, 4.69) is 21.2 Å². The summed E-state index contributed by atoms with van der Waals surface area (Å²) in [4.78, 5) is 0. The lowest BCUT2D eigenvalue weighted by molar-refractivity contribution is 0.410. The lowest BCUT2D eigenvalue weighted by Gasteiger charge is -2.27. The molecule has 0 amide bonds. The van der Waals surface area contributed by atoms with Crippen LogP contribution in [-0.2, 0) is 0 Å². The number of hydrogen-bond donors (Lipinski definition) is 2. The van der Waals surface area contributed by atoms with Crippen LogP contribution in [0.15, 0.2) is 22.7 Å². The predicted molar refractivity (Wildman–Crippen MR) is 68.0 cm³/mol. The third-order valence-corrected chi connectivity index (χ3v) is 3.70. The van der Waals surface area contributed by atoms with E-state index < -0.39 is 0 Å². The summed E-state index contributed by atoms with van der Waals surface area (Å²) in [7, 11) is 0. The van der Waals surface area contributed by atoms with Crippen molar-refractivity contribution in [2.75, 3.05) is 5.32 Å². The Labute approximate surface area is 104 Å². The molecule has 1 aromatic rings. The average molecular weight is 287 g/mol. The molecule has 2 rings (SSSR count). The van der Waals surface area contributed by atoms with Gasteiger partial charge in [-0.25, -0.2) is 4.39 Å². The molecule has 0 radical (unpaired) electrons. The summed E-state index contributed by atoms with van der Waals surface area (Å²) in [5.41, 5.74) is 6.41. The standard InChI is InChI=1S/C12H16BrFN2/c13-10-2-1-3-11(12(10)14)16-9-6-4-8(15)5-7-9/h1-3,8-9,16H,4-7,15H2. The Balaban J connectivity index is 2.01. The van der Waals surface area contributed by atoms with E-state index in [9.17, 15) is 4.39 Å². The summed E-state index contributed by atoms with van der Waals surface area (Å²) in [6, 6.07) is 5.99. The number of benzene rings is 1. The minimum atomic E-state index is -0.211. The van der Waals surface area contributed by atoms with E-state index in [1.807, 2.05) is 6.07 Å². The third kappa shape index (κ3) is 2.74. The number of hydrogen-bond acceptors (Lipinski definition) is 2. The van der Waals surface area contributed by atoms with Gasteiger partial charge in [0.2, 0.25) is 0 Å². The maximum absolute atomic E-state index is 13.7. The SMILES string of the molecule is NC1CCC(Nc2cccc(Br)c2F)CC1. The first-order valence-electron chi connectivity index (χ1n) is 5.63. The van der Waals surface area contributed by atoms with Crippen molar-refractivity contribution in [2.24, 2.45) is 5.73 Å². The quantitative estimate of drug-likeness (QED) is 0.876. The van der Waals surface area contributed by atoms with E-state index in [1.165, 1.54) is 0 Å². The first kappa shape index (κ1) is 11.9. The van der Waals surface area contributed by atoms with E-state index in [1.54, 1.807) is 12.1 Å². The van der Waals surface area contributed by atoms with Crippen molar-refractivity contribution in [1.82, 2.24) is 0 Å². The molecule has 1 aliphatic rings. The van der Waals surface area contributed by atoms with Crippen LogP contribution in [0.25, 0.3) is 0 Å². The lowest BCUT2D eigenvalue weighted by Crippen LogP contribution is -2.33. The second-order valence-electron chi connectivity index (χ2n) is 4.36. The zero-order chi connectivity index (χ0) is 11.5. The number of anilines is 1. The van der Waals surface area contributed by atoms with E-state index in [-0.39, 0.29) is 5.82 Å². The van der Waals surface area contributed by atoms with Crippen LogP contribution in [0, 0.1) is 5.82 Å². The molecule has 0 unspecified atom stereocenters. The highest BCUT2D eigenvalue weighted by Gasteiger charge is 2.19. The number of nitrogens with one attached hydrogen (secondary N) is 1. The zero-order valence-corrected chi connectivity index (χ0v) is 10.6. The van der Waals surface area contributed by atoms with Crippen molar-refractivity contribution < 1.29 is 4.39 Å². The van der Waals surface area contributed by atoms with E-state index in [0.717, 1.165) is 25.7 Å². The summed E-state index contributed by atoms with van der Waals surface area (Å²) in [6.07, 6.45) is 4.08. The van der Waals surface area contributed by atoms with Crippen LogP contribution in [-0.4, -0.2) is 12.1 Å². The Morgan fingerprint density at radius 3 is 2.62 bits per heavy atom. The van der Waals surface area contributed by atoms with Gasteiger partial charge in [0, 0.05) is 12.1 Å². The van der Waals surface area contributed by atoms with Gasteiger partial charge in [-0.05, 0) is 53.7 Å². The summed E-state index contributed by atoms with van der Waals surface area (Å²) >= 11 is 3.19. The van der Waals surface area contributed by atoms with Crippen LogP contribution >= 0.6 is 15.9 Å². The van der Waals surface area contributed by atoms with Crippen molar-refractivity contribution in [1.29, 1.82) is 0 Å². The van der Waals surface area contributed by atoms with Crippen molar-refractivity contribution in [3.8, 4) is 0 Å². The smallest absolute Gasteiger partial charge is 0.160 e. The van der Waals surface area contributed by atoms with Crippen LogP contribution in [0.4, 0.5) is 10.1 Å². The van der Waals surface area contributed by atoms with E-state index in [4.69, 9.17) is 5.73 Å². The zero-order valence-electron chi connectivity index (χ0n) is 9.05. The highest BCUT2D eigenvalue weighted by atomic mass is 79.9. The summed E-state index contributed by atoms with van der Waals surface area (Å²) in [6.45, 7) is 0. The maximum atomic E-state index is 13.7. The molecule has 0 heterocycles. The molecule has 1 saturated carbocycles. The molecule has 0 spiro atoms. The summed E-state index contributed by atoms with van der Waals surface area (Å²) < 4.78 is 14.2. The van der Waals surface area contributed by atoms with Crippen LogP contribution in [0.2, 0.25) is 0 Å². The Morgan fingerprint density at radius 1 is 1.25 bits per heavy atom. The van der Waals surface area contributed by atoms with Crippen LogP contribution in [0.1, 0.15) is 25.7 Å². The minimum Gasteiger partial charge on any atom is -0.380 e. The van der Waals surface area contributed by atoms with Crippen LogP contribution in [0.5, 0.6) is 0 Å². The van der Waals surface area contributed by atoms with E-state index >= 15 is 0 Å². The summed E-state index contributed by atoms with van der Waals surface area (Å²) in [5, 5.41) is 3.25. The molecule has 0 aliphatic heterocycles. The third-order valence-electron chi connectivity index (χ3n) is 3.08. The molecular formula is C12H16BrFN2. The van der Waals surface area contributed by atoms with E-state index in [0.29, 0.717) is 22.2 Å². The Morgan fingerprint density at radius 2 is 1.94 bits per heavy atom. The van der Waals surface area contributed by atoms with Gasteiger partial charge in [0.05, 0.1) is 10.2 Å². The fourth-order valence-electron chi connectivity index (χ4n) is 2.10. The predicted octanol–water partition coefficient (Wildman–Crippen LogP) is 3.27. The average Bonchev–Trinajstić information content (AvgIpc) is 2.28. The topological polar surface area (TPSA) is 38.0 Å². The van der Waals surface area contributed by atoms with Gasteiger partial charge in [-0.3, -0.25) is 0 Å². The van der Waals surface area contributed by atoms with Crippen LogP contribution in [0.3, 0.4) is 0 Å². The molecule has 4 heteroatoms. The first-order chi connectivity index (χ1) is 7.66. The Kier molecular flexibility index (Phi) is 3.82. The van der Waals surface area contributed by atoms with Gasteiger partial charge in [0.25, 0.3) is 0 Å².